The lowest BCUT2D eigenvalue weighted by atomic mass is 9.86. The van der Waals surface area contributed by atoms with Crippen LogP contribution in [0.5, 0.6) is 0 Å². The highest BCUT2D eigenvalue weighted by Gasteiger charge is 2.26. The highest BCUT2D eigenvalue weighted by Crippen LogP contribution is 2.33. The standard InChI is InChI=1S/C17H30N4O3S/c1-12(2)25(22,23)18-11-13-7-9-15(10-8-13)19-17-20-16(21-24-17)14-5-3-4-6-14/h12-15,18H,3-11H2,1-2H3,(H,19,20,21). The van der Waals surface area contributed by atoms with Crippen molar-refractivity contribution < 1.29 is 12.9 Å². The van der Waals surface area contributed by atoms with E-state index in [2.05, 4.69) is 20.2 Å². The fraction of sp³-hybridized carbons (Fsp3) is 0.882. The first-order chi connectivity index (χ1) is 11.9. The van der Waals surface area contributed by atoms with Gasteiger partial charge in [0.15, 0.2) is 5.82 Å². The van der Waals surface area contributed by atoms with Gasteiger partial charge in [-0.05, 0) is 58.3 Å². The fourth-order valence-electron chi connectivity index (χ4n) is 3.73. The summed E-state index contributed by atoms with van der Waals surface area (Å²) in [6.07, 6.45) is 8.83. The molecule has 2 fully saturated rings. The van der Waals surface area contributed by atoms with Crippen molar-refractivity contribution >= 4 is 16.0 Å². The van der Waals surface area contributed by atoms with Crippen molar-refractivity contribution in [2.75, 3.05) is 11.9 Å². The summed E-state index contributed by atoms with van der Waals surface area (Å²) in [7, 11) is -3.16. The topological polar surface area (TPSA) is 97.1 Å². The molecule has 0 aromatic carbocycles. The quantitative estimate of drug-likeness (QED) is 0.766. The molecule has 2 aliphatic rings. The summed E-state index contributed by atoms with van der Waals surface area (Å²) in [6.45, 7) is 3.94. The Hall–Kier alpha value is -1.15. The molecule has 0 unspecified atom stereocenters. The van der Waals surface area contributed by atoms with E-state index < -0.39 is 10.0 Å². The van der Waals surface area contributed by atoms with Gasteiger partial charge in [0.25, 0.3) is 0 Å². The molecule has 0 amide bonds. The molecule has 1 heterocycles. The van der Waals surface area contributed by atoms with Gasteiger partial charge in [0.2, 0.25) is 10.0 Å². The first kappa shape index (κ1) is 18.6. The average Bonchev–Trinajstić information content (AvgIpc) is 3.25. The predicted molar refractivity (Wildman–Crippen MR) is 96.9 cm³/mol. The lowest BCUT2D eigenvalue weighted by molar-refractivity contribution is 0.329. The number of nitrogens with one attached hydrogen (secondary N) is 2. The van der Waals surface area contributed by atoms with Crippen molar-refractivity contribution in [1.29, 1.82) is 0 Å². The lowest BCUT2D eigenvalue weighted by Gasteiger charge is -2.28. The van der Waals surface area contributed by atoms with Crippen molar-refractivity contribution in [2.24, 2.45) is 5.92 Å². The zero-order valence-corrected chi connectivity index (χ0v) is 16.0. The Morgan fingerprint density at radius 3 is 2.44 bits per heavy atom. The van der Waals surface area contributed by atoms with Crippen LogP contribution in [0.2, 0.25) is 0 Å². The van der Waals surface area contributed by atoms with Crippen molar-refractivity contribution in [2.45, 2.75) is 82.4 Å². The van der Waals surface area contributed by atoms with Crippen molar-refractivity contribution in [3.05, 3.63) is 5.82 Å². The third-order valence-corrected chi connectivity index (χ3v) is 7.34. The highest BCUT2D eigenvalue weighted by atomic mass is 32.2. The highest BCUT2D eigenvalue weighted by molar-refractivity contribution is 7.90. The van der Waals surface area contributed by atoms with Gasteiger partial charge >= 0.3 is 6.01 Å². The van der Waals surface area contributed by atoms with Crippen molar-refractivity contribution in [3.8, 4) is 0 Å². The maximum Gasteiger partial charge on any atom is 0.321 e. The van der Waals surface area contributed by atoms with Crippen LogP contribution in [-0.2, 0) is 10.0 Å². The van der Waals surface area contributed by atoms with E-state index in [1.54, 1.807) is 13.8 Å². The van der Waals surface area contributed by atoms with Gasteiger partial charge in [-0.25, -0.2) is 13.1 Å². The molecule has 2 N–H and O–H groups in total. The lowest BCUT2D eigenvalue weighted by Crippen LogP contribution is -2.37. The van der Waals surface area contributed by atoms with Crippen LogP contribution in [0.1, 0.15) is 77.0 Å². The first-order valence-electron chi connectivity index (χ1n) is 9.52. The summed E-state index contributed by atoms with van der Waals surface area (Å²) in [6, 6.07) is 0.862. The Bertz CT molecular complexity index is 645. The number of nitrogens with zero attached hydrogens (tertiary/aromatic N) is 2. The summed E-state index contributed by atoms with van der Waals surface area (Å²) in [5, 5.41) is 7.11. The summed E-state index contributed by atoms with van der Waals surface area (Å²) >= 11 is 0. The molecule has 0 saturated heterocycles. The van der Waals surface area contributed by atoms with E-state index in [1.807, 2.05) is 0 Å². The Labute approximate surface area is 150 Å². The molecular formula is C17H30N4O3S. The molecule has 0 bridgehead atoms. The van der Waals surface area contributed by atoms with Crippen LogP contribution in [0.15, 0.2) is 4.52 Å². The van der Waals surface area contributed by atoms with Crippen LogP contribution in [0, 0.1) is 5.92 Å². The molecule has 142 valence electrons. The molecule has 2 saturated carbocycles. The van der Waals surface area contributed by atoms with Crippen LogP contribution in [-0.4, -0.2) is 36.4 Å². The van der Waals surface area contributed by atoms with Gasteiger partial charge in [-0.2, -0.15) is 4.98 Å². The molecule has 1 aromatic rings. The van der Waals surface area contributed by atoms with Gasteiger partial charge in [0, 0.05) is 18.5 Å². The Kier molecular flexibility index (Phi) is 5.99. The van der Waals surface area contributed by atoms with Crippen LogP contribution < -0.4 is 10.0 Å². The van der Waals surface area contributed by atoms with E-state index in [4.69, 9.17) is 4.52 Å². The van der Waals surface area contributed by atoms with Crippen LogP contribution in [0.25, 0.3) is 0 Å². The molecule has 0 aliphatic heterocycles. The maximum absolute atomic E-state index is 11.8. The molecule has 0 radical (unpaired) electrons. The minimum atomic E-state index is -3.16. The Balaban J connectivity index is 1.42. The molecule has 25 heavy (non-hydrogen) atoms. The minimum absolute atomic E-state index is 0.329. The summed E-state index contributed by atoms with van der Waals surface area (Å²) < 4.78 is 31.8. The van der Waals surface area contributed by atoms with Gasteiger partial charge < -0.3 is 9.84 Å². The third-order valence-electron chi connectivity index (χ3n) is 5.53. The van der Waals surface area contributed by atoms with E-state index in [0.29, 0.717) is 30.4 Å². The Morgan fingerprint density at radius 2 is 1.80 bits per heavy atom. The number of aromatic nitrogens is 2. The first-order valence-corrected chi connectivity index (χ1v) is 11.1. The summed E-state index contributed by atoms with van der Waals surface area (Å²) in [5.74, 6) is 1.71. The Morgan fingerprint density at radius 1 is 1.12 bits per heavy atom. The molecule has 2 aliphatic carbocycles. The van der Waals surface area contributed by atoms with E-state index in [9.17, 15) is 8.42 Å². The second-order valence-corrected chi connectivity index (χ2v) is 10.1. The largest absolute Gasteiger partial charge is 0.335 e. The number of rotatable bonds is 7. The third kappa shape index (κ3) is 4.94. The molecule has 0 atom stereocenters. The van der Waals surface area contributed by atoms with Gasteiger partial charge in [0.05, 0.1) is 5.25 Å². The maximum atomic E-state index is 11.8. The second kappa shape index (κ2) is 8.03. The van der Waals surface area contributed by atoms with Gasteiger partial charge in [-0.1, -0.05) is 18.0 Å². The van der Waals surface area contributed by atoms with Crippen LogP contribution in [0.3, 0.4) is 0 Å². The van der Waals surface area contributed by atoms with Gasteiger partial charge in [-0.3, -0.25) is 0 Å². The molecule has 1 aromatic heterocycles. The number of hydrogen-bond donors (Lipinski definition) is 2. The SMILES string of the molecule is CC(C)S(=O)(=O)NCC1CCC(Nc2nc(C3CCCC3)no2)CC1. The smallest absolute Gasteiger partial charge is 0.321 e. The van der Waals surface area contributed by atoms with E-state index >= 15 is 0 Å². The zero-order valence-electron chi connectivity index (χ0n) is 15.2. The molecule has 3 rings (SSSR count). The number of sulfonamides is 1. The van der Waals surface area contributed by atoms with Crippen LogP contribution >= 0.6 is 0 Å². The van der Waals surface area contributed by atoms with Crippen molar-refractivity contribution in [3.63, 3.8) is 0 Å². The average molecular weight is 371 g/mol. The molecule has 8 heteroatoms. The van der Waals surface area contributed by atoms with Crippen molar-refractivity contribution in [1.82, 2.24) is 14.9 Å². The molecule has 0 spiro atoms. The number of anilines is 1. The van der Waals surface area contributed by atoms with Crippen LogP contribution in [0.4, 0.5) is 6.01 Å². The van der Waals surface area contributed by atoms with E-state index in [0.717, 1.165) is 44.3 Å². The summed E-state index contributed by atoms with van der Waals surface area (Å²) in [5.41, 5.74) is 0. The van der Waals surface area contributed by atoms with E-state index in [-0.39, 0.29) is 5.25 Å². The minimum Gasteiger partial charge on any atom is -0.335 e. The fourth-order valence-corrected chi connectivity index (χ4v) is 4.53. The van der Waals surface area contributed by atoms with E-state index in [1.165, 1.54) is 12.8 Å². The van der Waals surface area contributed by atoms with Gasteiger partial charge in [-0.15, -0.1) is 0 Å². The molecule has 7 nitrogen and oxygen atoms in total. The summed E-state index contributed by atoms with van der Waals surface area (Å²) in [4.78, 5) is 4.51. The number of hydrogen-bond acceptors (Lipinski definition) is 6. The molecular weight excluding hydrogens is 340 g/mol. The monoisotopic (exact) mass is 370 g/mol. The normalized spacial score (nSPS) is 25.6. The zero-order chi connectivity index (χ0) is 17.9. The second-order valence-electron chi connectivity index (χ2n) is 7.74. The van der Waals surface area contributed by atoms with Gasteiger partial charge in [0.1, 0.15) is 0 Å². The predicted octanol–water partition coefficient (Wildman–Crippen LogP) is 3.03.